The Morgan fingerprint density at radius 3 is 2.06 bits per heavy atom. The van der Waals surface area contributed by atoms with Crippen molar-refractivity contribution in [2.24, 2.45) is 0 Å². The van der Waals surface area contributed by atoms with E-state index in [1.165, 1.54) is 60.9 Å². The van der Waals surface area contributed by atoms with Gasteiger partial charge in [-0.05, 0) is 48.0 Å². The van der Waals surface area contributed by atoms with Crippen LogP contribution >= 0.6 is 0 Å². The molecular weight excluding hydrogens is 454 g/mol. The van der Waals surface area contributed by atoms with Crippen molar-refractivity contribution < 1.29 is 26.4 Å². The minimum Gasteiger partial charge on any atom is -0.379 e. The van der Waals surface area contributed by atoms with Gasteiger partial charge in [0.15, 0.2) is 0 Å². The quantitative estimate of drug-likeness (QED) is 0.604. The molecule has 0 spiro atoms. The van der Waals surface area contributed by atoms with Gasteiger partial charge in [0.2, 0.25) is 26.0 Å². The molecule has 3 rings (SSSR count). The molecule has 2 aromatic carbocycles. The highest BCUT2D eigenvalue weighted by atomic mass is 32.2. The second-order valence-corrected chi connectivity index (χ2v) is 11.3. The van der Waals surface area contributed by atoms with Crippen molar-refractivity contribution in [1.29, 1.82) is 0 Å². The van der Waals surface area contributed by atoms with E-state index < -0.39 is 26.0 Å². The number of morpholine rings is 1. The SMILES string of the molecule is CN(C)S(=O)(=O)c1ccc(NC(=O)/C=C/c2ccc(S(=O)(=O)N3CCOCC3)cc2)cc1. The molecular formula is C21H25N3O6S2. The number of ether oxygens (including phenoxy) is 1. The van der Waals surface area contributed by atoms with Crippen LogP contribution in [0.3, 0.4) is 0 Å². The van der Waals surface area contributed by atoms with Gasteiger partial charge in [0.25, 0.3) is 0 Å². The van der Waals surface area contributed by atoms with Crippen LogP contribution in [0.15, 0.2) is 64.4 Å². The van der Waals surface area contributed by atoms with Crippen LogP contribution in [0.2, 0.25) is 0 Å². The maximum atomic E-state index is 12.6. The first kappa shape index (κ1) is 24.1. The van der Waals surface area contributed by atoms with Crippen molar-refractivity contribution in [2.45, 2.75) is 9.79 Å². The van der Waals surface area contributed by atoms with Gasteiger partial charge in [0, 0.05) is 38.9 Å². The Hall–Kier alpha value is -2.57. The molecule has 1 N–H and O–H groups in total. The van der Waals surface area contributed by atoms with Crippen molar-refractivity contribution in [3.05, 3.63) is 60.2 Å². The van der Waals surface area contributed by atoms with E-state index in [4.69, 9.17) is 4.74 Å². The van der Waals surface area contributed by atoms with Gasteiger partial charge in [-0.1, -0.05) is 12.1 Å². The summed E-state index contributed by atoms with van der Waals surface area (Å²) in [4.78, 5) is 12.5. The smallest absolute Gasteiger partial charge is 0.248 e. The number of benzene rings is 2. The predicted molar refractivity (Wildman–Crippen MR) is 121 cm³/mol. The highest BCUT2D eigenvalue weighted by Gasteiger charge is 2.26. The van der Waals surface area contributed by atoms with E-state index in [0.29, 0.717) is 37.6 Å². The molecule has 1 aliphatic heterocycles. The Morgan fingerprint density at radius 2 is 1.50 bits per heavy atom. The Labute approximate surface area is 188 Å². The zero-order valence-corrected chi connectivity index (χ0v) is 19.4. The van der Waals surface area contributed by atoms with Crippen LogP contribution in [0.5, 0.6) is 0 Å². The molecule has 0 radical (unpaired) electrons. The Balaban J connectivity index is 1.62. The number of carbonyl (C=O) groups is 1. The first-order valence-corrected chi connectivity index (χ1v) is 12.7. The summed E-state index contributed by atoms with van der Waals surface area (Å²) >= 11 is 0. The van der Waals surface area contributed by atoms with E-state index >= 15 is 0 Å². The van der Waals surface area contributed by atoms with Gasteiger partial charge in [0.05, 0.1) is 23.0 Å². The monoisotopic (exact) mass is 479 g/mol. The average Bonchev–Trinajstić information content (AvgIpc) is 2.79. The van der Waals surface area contributed by atoms with E-state index in [2.05, 4.69) is 5.32 Å². The maximum absolute atomic E-state index is 12.6. The fourth-order valence-corrected chi connectivity index (χ4v) is 5.27. The van der Waals surface area contributed by atoms with Crippen molar-refractivity contribution >= 4 is 37.7 Å². The third-order valence-electron chi connectivity index (χ3n) is 4.82. The lowest BCUT2D eigenvalue weighted by atomic mass is 10.2. The number of carbonyl (C=O) groups excluding carboxylic acids is 1. The van der Waals surface area contributed by atoms with E-state index in [1.54, 1.807) is 18.2 Å². The first-order valence-electron chi connectivity index (χ1n) is 9.80. The highest BCUT2D eigenvalue weighted by molar-refractivity contribution is 7.89. The molecule has 172 valence electrons. The summed E-state index contributed by atoms with van der Waals surface area (Å²) in [6, 6.07) is 12.1. The average molecular weight is 480 g/mol. The fraction of sp³-hybridized carbons (Fsp3) is 0.286. The van der Waals surface area contributed by atoms with Crippen LogP contribution in [0.1, 0.15) is 5.56 Å². The summed E-state index contributed by atoms with van der Waals surface area (Å²) in [5.74, 6) is -0.404. The highest BCUT2D eigenvalue weighted by Crippen LogP contribution is 2.19. The lowest BCUT2D eigenvalue weighted by molar-refractivity contribution is -0.111. The molecule has 1 aliphatic rings. The normalized spacial score (nSPS) is 15.8. The summed E-state index contributed by atoms with van der Waals surface area (Å²) in [6.07, 6.45) is 2.88. The maximum Gasteiger partial charge on any atom is 0.248 e. The molecule has 9 nitrogen and oxygen atoms in total. The lowest BCUT2D eigenvalue weighted by Gasteiger charge is -2.26. The first-order chi connectivity index (χ1) is 15.1. The standard InChI is InChI=1S/C21H25N3O6S2/c1-23(2)31(26,27)19-10-6-18(7-11-19)22-21(25)12-5-17-3-8-20(9-4-17)32(28,29)24-13-15-30-16-14-24/h3-12H,13-16H2,1-2H3,(H,22,25)/b12-5+. The number of anilines is 1. The second-order valence-electron chi connectivity index (χ2n) is 7.22. The number of nitrogens with one attached hydrogen (secondary N) is 1. The largest absolute Gasteiger partial charge is 0.379 e. The number of amides is 1. The Kier molecular flexibility index (Phi) is 7.47. The summed E-state index contributed by atoms with van der Waals surface area (Å²) in [6.45, 7) is 1.41. The van der Waals surface area contributed by atoms with Crippen LogP contribution in [0.25, 0.3) is 6.08 Å². The van der Waals surface area contributed by atoms with Crippen molar-refractivity contribution in [1.82, 2.24) is 8.61 Å². The molecule has 0 aromatic heterocycles. The van der Waals surface area contributed by atoms with Gasteiger partial charge in [-0.3, -0.25) is 4.79 Å². The number of hydrogen-bond acceptors (Lipinski definition) is 6. The van der Waals surface area contributed by atoms with E-state index in [9.17, 15) is 21.6 Å². The number of hydrogen-bond donors (Lipinski definition) is 1. The summed E-state index contributed by atoms with van der Waals surface area (Å²) in [7, 11) is -4.21. The second kappa shape index (κ2) is 9.92. The van der Waals surface area contributed by atoms with Gasteiger partial charge in [0.1, 0.15) is 0 Å². The summed E-state index contributed by atoms with van der Waals surface area (Å²) < 4.78 is 57.1. The van der Waals surface area contributed by atoms with Crippen LogP contribution in [0.4, 0.5) is 5.69 Å². The van der Waals surface area contributed by atoms with Crippen molar-refractivity contribution in [3.63, 3.8) is 0 Å². The zero-order chi connectivity index (χ0) is 23.4. The van der Waals surface area contributed by atoms with Crippen molar-refractivity contribution in [3.8, 4) is 0 Å². The van der Waals surface area contributed by atoms with E-state index in [0.717, 1.165) is 4.31 Å². The Bertz CT molecular complexity index is 1180. The molecule has 1 fully saturated rings. The van der Waals surface area contributed by atoms with Gasteiger partial charge < -0.3 is 10.1 Å². The molecule has 0 saturated carbocycles. The molecule has 1 amide bonds. The molecule has 1 heterocycles. The van der Waals surface area contributed by atoms with Crippen molar-refractivity contribution in [2.75, 3.05) is 45.7 Å². The van der Waals surface area contributed by atoms with Gasteiger partial charge in [-0.2, -0.15) is 4.31 Å². The molecule has 32 heavy (non-hydrogen) atoms. The number of sulfonamides is 2. The van der Waals surface area contributed by atoms with E-state index in [-0.39, 0.29) is 9.79 Å². The fourth-order valence-electron chi connectivity index (χ4n) is 2.96. The minimum absolute atomic E-state index is 0.128. The topological polar surface area (TPSA) is 113 Å². The van der Waals surface area contributed by atoms with E-state index in [1.807, 2.05) is 0 Å². The molecule has 11 heteroatoms. The lowest BCUT2D eigenvalue weighted by Crippen LogP contribution is -2.40. The third-order valence-corrected chi connectivity index (χ3v) is 8.56. The van der Waals surface area contributed by atoms with Crippen LogP contribution in [-0.4, -0.2) is 71.8 Å². The Morgan fingerprint density at radius 1 is 0.938 bits per heavy atom. The number of nitrogens with zero attached hydrogens (tertiary/aromatic N) is 2. The number of rotatable bonds is 7. The summed E-state index contributed by atoms with van der Waals surface area (Å²) in [5, 5.41) is 2.65. The van der Waals surface area contributed by atoms with Gasteiger partial charge in [-0.25, -0.2) is 21.1 Å². The third kappa shape index (κ3) is 5.61. The van der Waals surface area contributed by atoms with Crippen LogP contribution in [-0.2, 0) is 29.6 Å². The minimum atomic E-state index is -3.57. The predicted octanol–water partition coefficient (Wildman–Crippen LogP) is 1.61. The molecule has 0 bridgehead atoms. The zero-order valence-electron chi connectivity index (χ0n) is 17.8. The molecule has 0 aliphatic carbocycles. The molecule has 0 unspecified atom stereocenters. The molecule has 2 aromatic rings. The van der Waals surface area contributed by atoms with Gasteiger partial charge in [-0.15, -0.1) is 0 Å². The van der Waals surface area contributed by atoms with Crippen LogP contribution in [0, 0.1) is 0 Å². The molecule has 1 saturated heterocycles. The molecule has 0 atom stereocenters. The van der Waals surface area contributed by atoms with Crippen LogP contribution < -0.4 is 5.32 Å². The van der Waals surface area contributed by atoms with Gasteiger partial charge >= 0.3 is 0 Å². The summed E-state index contributed by atoms with van der Waals surface area (Å²) in [5.41, 5.74) is 1.11.